The molecule has 0 N–H and O–H groups in total. The van der Waals surface area contributed by atoms with Gasteiger partial charge in [0.1, 0.15) is 12.2 Å². The molecule has 0 spiro atoms. The highest BCUT2D eigenvalue weighted by Gasteiger charge is 2.44. The lowest BCUT2D eigenvalue weighted by Crippen LogP contribution is -2.32. The van der Waals surface area contributed by atoms with Crippen LogP contribution in [0.4, 0.5) is 0 Å². The van der Waals surface area contributed by atoms with Crippen molar-refractivity contribution in [3.63, 3.8) is 0 Å². The summed E-state index contributed by atoms with van der Waals surface area (Å²) in [5.74, 6) is 0.990. The summed E-state index contributed by atoms with van der Waals surface area (Å²) in [5, 5.41) is 0. The summed E-state index contributed by atoms with van der Waals surface area (Å²) in [4.78, 5) is 0. The Labute approximate surface area is 180 Å². The van der Waals surface area contributed by atoms with Crippen molar-refractivity contribution in [3.8, 4) is 0 Å². The predicted molar refractivity (Wildman–Crippen MR) is 121 cm³/mol. The van der Waals surface area contributed by atoms with Gasteiger partial charge in [-0.2, -0.15) is 0 Å². The van der Waals surface area contributed by atoms with Crippen molar-refractivity contribution in [2.45, 2.75) is 98.1 Å². The Morgan fingerprint density at radius 1 is 0.862 bits per heavy atom. The van der Waals surface area contributed by atoms with E-state index in [0.29, 0.717) is 26.4 Å². The fourth-order valence-corrected chi connectivity index (χ4v) is 3.71. The minimum Gasteiger partial charge on any atom is -0.374 e. The number of hydrogen-bond acceptors (Lipinski definition) is 4. The van der Waals surface area contributed by atoms with Crippen LogP contribution < -0.4 is 0 Å². The molecule has 3 atom stereocenters. The summed E-state index contributed by atoms with van der Waals surface area (Å²) in [6, 6.07) is 0. The molecular formula is C25H46O4. The van der Waals surface area contributed by atoms with Gasteiger partial charge in [0.2, 0.25) is 0 Å². The van der Waals surface area contributed by atoms with Gasteiger partial charge in [0.05, 0.1) is 26.4 Å². The van der Waals surface area contributed by atoms with Crippen molar-refractivity contribution in [2.24, 2.45) is 11.8 Å². The Morgan fingerprint density at radius 2 is 1.34 bits per heavy atom. The summed E-state index contributed by atoms with van der Waals surface area (Å²) >= 11 is 0. The van der Waals surface area contributed by atoms with Gasteiger partial charge < -0.3 is 18.9 Å². The van der Waals surface area contributed by atoms with Gasteiger partial charge in [-0.15, -0.1) is 0 Å². The van der Waals surface area contributed by atoms with Crippen LogP contribution in [0.25, 0.3) is 0 Å². The molecule has 0 aromatic carbocycles. The molecule has 1 saturated heterocycles. The van der Waals surface area contributed by atoms with E-state index in [9.17, 15) is 0 Å². The summed E-state index contributed by atoms with van der Waals surface area (Å²) in [5.41, 5.74) is 2.02. The third-order valence-electron chi connectivity index (χ3n) is 5.28. The van der Waals surface area contributed by atoms with Crippen LogP contribution in [0.3, 0.4) is 0 Å². The number of rotatable bonds is 16. The van der Waals surface area contributed by atoms with Gasteiger partial charge in [-0.05, 0) is 39.0 Å². The Morgan fingerprint density at radius 3 is 1.79 bits per heavy atom. The second-order valence-corrected chi connectivity index (χ2v) is 9.71. The molecule has 1 aliphatic heterocycles. The minimum absolute atomic E-state index is 0.118. The maximum Gasteiger partial charge on any atom is 0.166 e. The topological polar surface area (TPSA) is 36.9 Å². The molecule has 0 aromatic rings. The van der Waals surface area contributed by atoms with Gasteiger partial charge in [-0.1, -0.05) is 70.8 Å². The molecule has 170 valence electrons. The third-order valence-corrected chi connectivity index (χ3v) is 5.28. The molecule has 4 nitrogen and oxygen atoms in total. The Kier molecular flexibility index (Phi) is 12.3. The van der Waals surface area contributed by atoms with Crippen LogP contribution in [0.1, 0.15) is 80.1 Å². The molecule has 1 rings (SSSR count). The highest BCUT2D eigenvalue weighted by Crippen LogP contribution is 2.34. The summed E-state index contributed by atoms with van der Waals surface area (Å²) in [7, 11) is 0. The number of ether oxygens (including phenoxy) is 4. The Hall–Kier alpha value is -0.680. The first-order valence-corrected chi connectivity index (χ1v) is 11.4. The fourth-order valence-electron chi connectivity index (χ4n) is 3.71. The molecule has 4 heteroatoms. The molecule has 0 aliphatic carbocycles. The van der Waals surface area contributed by atoms with Crippen LogP contribution >= 0.6 is 0 Å². The molecule has 0 aromatic heterocycles. The van der Waals surface area contributed by atoms with Gasteiger partial charge in [0.15, 0.2) is 5.79 Å². The third kappa shape index (κ3) is 11.9. The maximum atomic E-state index is 6.32. The van der Waals surface area contributed by atoms with Crippen molar-refractivity contribution in [1.82, 2.24) is 0 Å². The van der Waals surface area contributed by atoms with Gasteiger partial charge >= 0.3 is 0 Å². The SMILES string of the molecule is C=C(C)COC[C@@H]1OC(C)(CCC[C@H](C)CCCC(C)C)O[C@H]1COCC(=C)C. The molecule has 0 bridgehead atoms. The first-order valence-electron chi connectivity index (χ1n) is 11.4. The van der Waals surface area contributed by atoms with Crippen LogP contribution in [0.15, 0.2) is 24.3 Å². The monoisotopic (exact) mass is 410 g/mol. The quantitative estimate of drug-likeness (QED) is 0.280. The van der Waals surface area contributed by atoms with E-state index >= 15 is 0 Å². The van der Waals surface area contributed by atoms with Crippen LogP contribution in [0.2, 0.25) is 0 Å². The molecule has 0 unspecified atom stereocenters. The van der Waals surface area contributed by atoms with Crippen molar-refractivity contribution < 1.29 is 18.9 Å². The van der Waals surface area contributed by atoms with Gasteiger partial charge in [0.25, 0.3) is 0 Å². The zero-order valence-electron chi connectivity index (χ0n) is 19.9. The molecule has 1 heterocycles. The van der Waals surface area contributed by atoms with E-state index in [2.05, 4.69) is 40.9 Å². The first-order chi connectivity index (χ1) is 13.6. The van der Waals surface area contributed by atoms with Crippen molar-refractivity contribution >= 4 is 0 Å². The maximum absolute atomic E-state index is 6.32. The fraction of sp³-hybridized carbons (Fsp3) is 0.840. The van der Waals surface area contributed by atoms with E-state index in [1.807, 2.05) is 13.8 Å². The lowest BCUT2D eigenvalue weighted by molar-refractivity contribution is -0.173. The minimum atomic E-state index is -0.563. The van der Waals surface area contributed by atoms with Gasteiger partial charge in [-0.3, -0.25) is 0 Å². The largest absolute Gasteiger partial charge is 0.374 e. The molecule has 0 saturated carbocycles. The van der Waals surface area contributed by atoms with Crippen LogP contribution in [-0.4, -0.2) is 44.4 Å². The smallest absolute Gasteiger partial charge is 0.166 e. The standard InChI is InChI=1S/C25H46O4/c1-19(2)11-9-12-22(7)13-10-14-25(8)28-23(17-26-15-20(3)4)24(29-25)18-27-16-21(5)6/h19,22-24H,3,5,9-18H2,1-2,4,6-8H3/t22-,23+,24+/m1/s1. The molecule has 1 aliphatic rings. The zero-order chi connectivity index (χ0) is 21.9. The molecule has 29 heavy (non-hydrogen) atoms. The Bertz CT molecular complexity index is 457. The zero-order valence-corrected chi connectivity index (χ0v) is 19.9. The Balaban J connectivity index is 2.46. The molecule has 0 radical (unpaired) electrons. The van der Waals surface area contributed by atoms with E-state index < -0.39 is 5.79 Å². The second kappa shape index (κ2) is 13.6. The average molecular weight is 411 g/mol. The van der Waals surface area contributed by atoms with E-state index in [1.54, 1.807) is 0 Å². The number of hydrogen-bond donors (Lipinski definition) is 0. The first kappa shape index (κ1) is 26.4. The van der Waals surface area contributed by atoms with Crippen LogP contribution in [0.5, 0.6) is 0 Å². The second-order valence-electron chi connectivity index (χ2n) is 9.71. The summed E-state index contributed by atoms with van der Waals surface area (Å²) in [6.45, 7) is 22.8. The van der Waals surface area contributed by atoms with Gasteiger partial charge in [0, 0.05) is 6.42 Å². The lowest BCUT2D eigenvalue weighted by atomic mass is 9.94. The van der Waals surface area contributed by atoms with E-state index in [4.69, 9.17) is 18.9 Å². The lowest BCUT2D eigenvalue weighted by Gasteiger charge is -2.24. The molecular weight excluding hydrogens is 364 g/mol. The highest BCUT2D eigenvalue weighted by molar-refractivity contribution is 4.90. The van der Waals surface area contributed by atoms with Crippen LogP contribution in [-0.2, 0) is 18.9 Å². The van der Waals surface area contributed by atoms with E-state index in [1.165, 1.54) is 25.7 Å². The highest BCUT2D eigenvalue weighted by atomic mass is 16.8. The summed E-state index contributed by atoms with van der Waals surface area (Å²) in [6.07, 6.45) is 6.95. The predicted octanol–water partition coefficient (Wildman–Crippen LogP) is 6.30. The van der Waals surface area contributed by atoms with E-state index in [0.717, 1.165) is 35.8 Å². The van der Waals surface area contributed by atoms with Crippen molar-refractivity contribution in [3.05, 3.63) is 24.3 Å². The average Bonchev–Trinajstić information content (AvgIpc) is 2.90. The van der Waals surface area contributed by atoms with Crippen molar-refractivity contribution in [1.29, 1.82) is 0 Å². The van der Waals surface area contributed by atoms with Gasteiger partial charge in [-0.25, -0.2) is 0 Å². The van der Waals surface area contributed by atoms with Crippen LogP contribution in [0, 0.1) is 11.8 Å². The normalized spacial score (nSPS) is 22.2. The molecule has 1 fully saturated rings. The van der Waals surface area contributed by atoms with Crippen molar-refractivity contribution in [2.75, 3.05) is 26.4 Å². The summed E-state index contributed by atoms with van der Waals surface area (Å²) < 4.78 is 24.1. The van der Waals surface area contributed by atoms with E-state index in [-0.39, 0.29) is 12.2 Å². The molecule has 0 amide bonds.